The zero-order valence-corrected chi connectivity index (χ0v) is 18.2. The molecule has 0 saturated carbocycles. The lowest BCUT2D eigenvalue weighted by molar-refractivity contribution is -0.132. The van der Waals surface area contributed by atoms with Crippen molar-refractivity contribution in [3.63, 3.8) is 0 Å². The Morgan fingerprint density at radius 2 is 2.03 bits per heavy atom. The lowest BCUT2D eigenvalue weighted by Gasteiger charge is -2.33. The predicted octanol–water partition coefficient (Wildman–Crippen LogP) is 2.72. The Morgan fingerprint density at radius 1 is 1.29 bits per heavy atom. The van der Waals surface area contributed by atoms with Gasteiger partial charge in [-0.2, -0.15) is 0 Å². The first-order chi connectivity index (χ1) is 14.8. The van der Waals surface area contributed by atoms with Gasteiger partial charge in [-0.15, -0.1) is 0 Å². The van der Waals surface area contributed by atoms with Crippen LogP contribution in [0.4, 0.5) is 4.79 Å². The van der Waals surface area contributed by atoms with E-state index >= 15 is 0 Å². The third kappa shape index (κ3) is 3.31. The van der Waals surface area contributed by atoms with Gasteiger partial charge in [-0.3, -0.25) is 14.5 Å². The van der Waals surface area contributed by atoms with Gasteiger partial charge in [0.15, 0.2) is 11.3 Å². The number of methoxy groups -OCH3 is 1. The molecule has 0 bridgehead atoms. The normalized spacial score (nSPS) is 21.1. The zero-order chi connectivity index (χ0) is 22.3. The van der Waals surface area contributed by atoms with Crippen molar-refractivity contribution in [1.29, 1.82) is 0 Å². The molecule has 1 aromatic carbocycles. The third-order valence-electron chi connectivity index (χ3n) is 6.19. The fourth-order valence-corrected chi connectivity index (χ4v) is 4.80. The summed E-state index contributed by atoms with van der Waals surface area (Å²) in [6.45, 7) is 6.33. The third-order valence-corrected chi connectivity index (χ3v) is 6.19. The highest BCUT2D eigenvalue weighted by Gasteiger charge is 2.55. The summed E-state index contributed by atoms with van der Waals surface area (Å²) in [5.41, 5.74) is 1.67. The molecule has 2 aromatic rings. The van der Waals surface area contributed by atoms with Gasteiger partial charge in [0.05, 0.1) is 25.8 Å². The van der Waals surface area contributed by atoms with E-state index in [-0.39, 0.29) is 18.4 Å². The molecule has 4 rings (SSSR count). The molecule has 2 aliphatic heterocycles. The number of aryl methyl sites for hydroxylation is 1. The van der Waals surface area contributed by atoms with Gasteiger partial charge in [0.25, 0.3) is 5.91 Å². The number of nitrogens with zero attached hydrogens (tertiary/aromatic N) is 2. The number of carbonyl (C=O) groups is 3. The number of urea groups is 1. The molecule has 2 atom stereocenters. The quantitative estimate of drug-likeness (QED) is 0.568. The van der Waals surface area contributed by atoms with E-state index in [4.69, 9.17) is 9.47 Å². The molecule has 1 N–H and O–H groups in total. The highest BCUT2D eigenvalue weighted by atomic mass is 16.5. The minimum atomic E-state index is -1.18. The van der Waals surface area contributed by atoms with E-state index in [0.29, 0.717) is 36.5 Å². The summed E-state index contributed by atoms with van der Waals surface area (Å²) in [4.78, 5) is 40.3. The topological polar surface area (TPSA) is 89.9 Å². The maximum absolute atomic E-state index is 13.4. The molecule has 8 heteroatoms. The number of ether oxygens (including phenoxy) is 2. The van der Waals surface area contributed by atoms with Gasteiger partial charge in [0.1, 0.15) is 5.75 Å². The van der Waals surface area contributed by atoms with Gasteiger partial charge in [-0.05, 0) is 32.9 Å². The molecule has 3 heterocycles. The number of para-hydroxylation sites is 1. The Morgan fingerprint density at radius 3 is 2.77 bits per heavy atom. The van der Waals surface area contributed by atoms with E-state index < -0.39 is 17.5 Å². The second-order valence-corrected chi connectivity index (χ2v) is 8.20. The molecule has 3 amide bonds. The molecule has 164 valence electrons. The average molecular weight is 425 g/mol. The molecule has 0 unspecified atom stereocenters. The number of amides is 3. The van der Waals surface area contributed by atoms with Crippen LogP contribution < -0.4 is 10.1 Å². The lowest BCUT2D eigenvalue weighted by atomic mass is 9.84. The van der Waals surface area contributed by atoms with Crippen molar-refractivity contribution in [1.82, 2.24) is 14.8 Å². The Labute approximate surface area is 181 Å². The van der Waals surface area contributed by atoms with Crippen LogP contribution in [0.15, 0.2) is 30.3 Å². The van der Waals surface area contributed by atoms with Crippen molar-refractivity contribution < 1.29 is 23.9 Å². The van der Waals surface area contributed by atoms with Crippen LogP contribution >= 0.6 is 0 Å². The maximum Gasteiger partial charge on any atom is 0.325 e. The fraction of sp³-hybridized carbons (Fsp3) is 0.435. The molecule has 1 spiro atoms. The number of fused-ring (bicyclic) bond motifs is 2. The van der Waals surface area contributed by atoms with Gasteiger partial charge in [0, 0.05) is 36.0 Å². The Hall–Kier alpha value is -3.13. The largest absolute Gasteiger partial charge is 0.493 e. The Bertz CT molecular complexity index is 1060. The van der Waals surface area contributed by atoms with E-state index in [2.05, 4.69) is 5.32 Å². The number of hydrogen-bond donors (Lipinski definition) is 1. The van der Waals surface area contributed by atoms with Crippen molar-refractivity contribution in [3.05, 3.63) is 52.8 Å². The number of rotatable bonds is 6. The Balaban J connectivity index is 1.60. The first-order valence-electron chi connectivity index (χ1n) is 10.4. The molecular formula is C23H27N3O5. The monoisotopic (exact) mass is 425 g/mol. The molecule has 1 aromatic heterocycles. The van der Waals surface area contributed by atoms with Crippen LogP contribution in [0.3, 0.4) is 0 Å². The van der Waals surface area contributed by atoms with Crippen molar-refractivity contribution in [2.24, 2.45) is 0 Å². The predicted molar refractivity (Wildman–Crippen MR) is 113 cm³/mol. The summed E-state index contributed by atoms with van der Waals surface area (Å²) >= 11 is 0. The number of Topliss-reactive ketones (excluding diaryl/α,β-unsaturated/α-hetero) is 1. The Kier molecular flexibility index (Phi) is 5.35. The average Bonchev–Trinajstić information content (AvgIpc) is 3.16. The van der Waals surface area contributed by atoms with Crippen LogP contribution in [-0.2, 0) is 15.1 Å². The van der Waals surface area contributed by atoms with Crippen LogP contribution in [0.2, 0.25) is 0 Å². The van der Waals surface area contributed by atoms with E-state index in [0.717, 1.165) is 16.3 Å². The number of carbonyl (C=O) groups excluding carboxylic acids is 3. The smallest absolute Gasteiger partial charge is 0.325 e. The van der Waals surface area contributed by atoms with Crippen molar-refractivity contribution >= 4 is 17.7 Å². The molecule has 2 aliphatic rings. The molecule has 8 nitrogen and oxygen atoms in total. The summed E-state index contributed by atoms with van der Waals surface area (Å²) in [5, 5.41) is 2.83. The molecular weight excluding hydrogens is 398 g/mol. The minimum Gasteiger partial charge on any atom is -0.493 e. The van der Waals surface area contributed by atoms with Crippen LogP contribution in [0.25, 0.3) is 0 Å². The standard InChI is InChI=1S/C23H27N3O5/c1-14-11-17(16(3)26(14)15(2)13-30-4)19(27)12-25-21(28)23(24-22(25)29)9-10-31-20-8-6-5-7-18(20)23/h5-8,11,15H,9-10,12-13H2,1-4H3,(H,24,29)/t15-,23+/m1/s1. The van der Waals surface area contributed by atoms with E-state index in [9.17, 15) is 14.4 Å². The van der Waals surface area contributed by atoms with Gasteiger partial charge in [0.2, 0.25) is 0 Å². The summed E-state index contributed by atoms with van der Waals surface area (Å²) in [5.74, 6) is -0.112. The van der Waals surface area contributed by atoms with Gasteiger partial charge in [-0.1, -0.05) is 18.2 Å². The molecule has 31 heavy (non-hydrogen) atoms. The second-order valence-electron chi connectivity index (χ2n) is 8.20. The van der Waals surface area contributed by atoms with Crippen molar-refractivity contribution in [2.45, 2.75) is 38.8 Å². The number of benzene rings is 1. The first kappa shape index (κ1) is 21.1. The maximum atomic E-state index is 13.4. The van der Waals surface area contributed by atoms with E-state index in [1.54, 1.807) is 25.3 Å². The number of imide groups is 1. The number of hydrogen-bond acceptors (Lipinski definition) is 5. The van der Waals surface area contributed by atoms with E-state index in [1.165, 1.54) is 0 Å². The van der Waals surface area contributed by atoms with Crippen molar-refractivity contribution in [3.8, 4) is 5.75 Å². The SMILES string of the molecule is COC[C@@H](C)n1c(C)cc(C(=O)CN2C(=O)N[C@]3(CCOc4ccccc43)C2=O)c1C. The minimum absolute atomic E-state index is 0.0604. The van der Waals surface area contributed by atoms with Gasteiger partial charge in [-0.25, -0.2) is 4.79 Å². The van der Waals surface area contributed by atoms with E-state index in [1.807, 2.05) is 37.5 Å². The van der Waals surface area contributed by atoms with Crippen LogP contribution in [-0.4, -0.2) is 54.1 Å². The van der Waals surface area contributed by atoms with Crippen LogP contribution in [0.5, 0.6) is 5.75 Å². The summed E-state index contributed by atoms with van der Waals surface area (Å²) in [7, 11) is 1.64. The molecule has 1 saturated heterocycles. The molecule has 0 radical (unpaired) electrons. The second kappa shape index (κ2) is 7.85. The van der Waals surface area contributed by atoms with Crippen LogP contribution in [0.1, 0.15) is 46.7 Å². The number of nitrogens with one attached hydrogen (secondary N) is 1. The summed E-state index contributed by atoms with van der Waals surface area (Å²) in [6, 6.07) is 8.49. The summed E-state index contributed by atoms with van der Waals surface area (Å²) < 4.78 is 12.9. The number of ketones is 1. The van der Waals surface area contributed by atoms with Gasteiger partial charge >= 0.3 is 6.03 Å². The van der Waals surface area contributed by atoms with Gasteiger partial charge < -0.3 is 19.4 Å². The number of aromatic nitrogens is 1. The highest BCUT2D eigenvalue weighted by molar-refractivity contribution is 6.12. The highest BCUT2D eigenvalue weighted by Crippen LogP contribution is 2.41. The van der Waals surface area contributed by atoms with Crippen LogP contribution in [0, 0.1) is 13.8 Å². The zero-order valence-electron chi connectivity index (χ0n) is 18.2. The fourth-order valence-electron chi connectivity index (χ4n) is 4.80. The van der Waals surface area contributed by atoms with Crippen molar-refractivity contribution in [2.75, 3.05) is 26.9 Å². The molecule has 1 fully saturated rings. The molecule has 0 aliphatic carbocycles. The first-order valence-corrected chi connectivity index (χ1v) is 10.4. The summed E-state index contributed by atoms with van der Waals surface area (Å²) in [6.07, 6.45) is 0.322. The lowest BCUT2D eigenvalue weighted by Crippen LogP contribution is -2.47.